The summed E-state index contributed by atoms with van der Waals surface area (Å²) in [5.74, 6) is -0.0997. The summed E-state index contributed by atoms with van der Waals surface area (Å²) < 4.78 is 0. The SMILES string of the molecule is Cc1ccc(C(=O)N2CCC([C@H](NC(=O)c3cccs3)C(=O)N[C@@H](C)C(C)C)CC2)cc1. The minimum absolute atomic E-state index is 0.00634. The van der Waals surface area contributed by atoms with Crippen LogP contribution in [0.1, 0.15) is 59.2 Å². The number of hydrogen-bond donors (Lipinski definition) is 2. The quantitative estimate of drug-likeness (QED) is 0.665. The standard InChI is InChI=1S/C25H33N3O3S/c1-16(2)18(4)26-24(30)22(27-23(29)21-6-5-15-32-21)19-11-13-28(14-12-19)25(31)20-9-7-17(3)8-10-20/h5-10,15-16,18-19,22H,11-14H2,1-4H3,(H,26,30)(H,27,29)/t18-,22-/m0/s1. The number of rotatable bonds is 7. The first-order valence-electron chi connectivity index (χ1n) is 11.3. The second kappa shape index (κ2) is 10.8. The molecule has 1 aliphatic heterocycles. The van der Waals surface area contributed by atoms with Gasteiger partial charge in [-0.15, -0.1) is 11.3 Å². The molecule has 6 nitrogen and oxygen atoms in total. The topological polar surface area (TPSA) is 78.5 Å². The van der Waals surface area contributed by atoms with Crippen LogP contribution in [0, 0.1) is 18.8 Å². The van der Waals surface area contributed by atoms with Crippen molar-refractivity contribution in [2.45, 2.75) is 52.6 Å². The second-order valence-corrected chi connectivity index (χ2v) is 9.91. The Labute approximate surface area is 194 Å². The van der Waals surface area contributed by atoms with Crippen molar-refractivity contribution in [3.63, 3.8) is 0 Å². The second-order valence-electron chi connectivity index (χ2n) is 8.97. The normalized spacial score (nSPS) is 16.5. The molecule has 1 saturated heterocycles. The van der Waals surface area contributed by atoms with Gasteiger partial charge in [0.25, 0.3) is 11.8 Å². The third-order valence-corrected chi connectivity index (χ3v) is 7.15. The highest BCUT2D eigenvalue weighted by Gasteiger charge is 2.35. The van der Waals surface area contributed by atoms with Gasteiger partial charge in [-0.25, -0.2) is 0 Å². The van der Waals surface area contributed by atoms with E-state index >= 15 is 0 Å². The molecule has 1 aliphatic rings. The molecular weight excluding hydrogens is 422 g/mol. The summed E-state index contributed by atoms with van der Waals surface area (Å²) in [7, 11) is 0. The van der Waals surface area contributed by atoms with Gasteiger partial charge < -0.3 is 15.5 Å². The Hall–Kier alpha value is -2.67. The van der Waals surface area contributed by atoms with Crippen LogP contribution in [0.4, 0.5) is 0 Å². The van der Waals surface area contributed by atoms with E-state index in [9.17, 15) is 14.4 Å². The minimum Gasteiger partial charge on any atom is -0.352 e. The maximum Gasteiger partial charge on any atom is 0.262 e. The first-order valence-corrected chi connectivity index (χ1v) is 12.1. The van der Waals surface area contributed by atoms with Crippen LogP contribution in [-0.2, 0) is 4.79 Å². The van der Waals surface area contributed by atoms with Crippen molar-refractivity contribution >= 4 is 29.1 Å². The van der Waals surface area contributed by atoms with Crippen molar-refractivity contribution in [3.8, 4) is 0 Å². The Morgan fingerprint density at radius 3 is 2.22 bits per heavy atom. The number of likely N-dealkylation sites (tertiary alicyclic amines) is 1. The number of nitrogens with zero attached hydrogens (tertiary/aromatic N) is 1. The third kappa shape index (κ3) is 5.97. The van der Waals surface area contributed by atoms with Gasteiger partial charge in [0, 0.05) is 24.7 Å². The molecule has 3 amide bonds. The molecule has 0 saturated carbocycles. The van der Waals surface area contributed by atoms with Crippen LogP contribution in [0.3, 0.4) is 0 Å². The molecule has 2 N–H and O–H groups in total. The molecule has 0 bridgehead atoms. The molecule has 0 radical (unpaired) electrons. The maximum atomic E-state index is 13.1. The Morgan fingerprint density at radius 2 is 1.66 bits per heavy atom. The number of amides is 3. The summed E-state index contributed by atoms with van der Waals surface area (Å²) >= 11 is 1.36. The summed E-state index contributed by atoms with van der Waals surface area (Å²) in [6.07, 6.45) is 1.33. The molecule has 3 rings (SSSR count). The smallest absolute Gasteiger partial charge is 0.262 e. The summed E-state index contributed by atoms with van der Waals surface area (Å²) in [5.41, 5.74) is 1.80. The van der Waals surface area contributed by atoms with Gasteiger partial charge in [0.2, 0.25) is 5.91 Å². The van der Waals surface area contributed by atoms with E-state index in [-0.39, 0.29) is 29.7 Å². The van der Waals surface area contributed by atoms with E-state index in [1.165, 1.54) is 11.3 Å². The molecule has 2 atom stereocenters. The fourth-order valence-electron chi connectivity index (χ4n) is 3.81. The van der Waals surface area contributed by atoms with E-state index in [1.807, 2.05) is 54.5 Å². The molecule has 172 valence electrons. The fourth-order valence-corrected chi connectivity index (χ4v) is 4.44. The summed E-state index contributed by atoms with van der Waals surface area (Å²) in [6.45, 7) is 9.21. The number of carbonyl (C=O) groups excluding carboxylic acids is 3. The van der Waals surface area contributed by atoms with Gasteiger partial charge in [0.15, 0.2) is 0 Å². The number of benzene rings is 1. The lowest BCUT2D eigenvalue weighted by Gasteiger charge is -2.36. The van der Waals surface area contributed by atoms with E-state index in [0.29, 0.717) is 42.3 Å². The molecule has 0 aliphatic carbocycles. The zero-order chi connectivity index (χ0) is 23.3. The fraction of sp³-hybridized carbons (Fsp3) is 0.480. The number of aryl methyl sites for hydroxylation is 1. The number of nitrogens with one attached hydrogen (secondary N) is 2. The predicted octanol–water partition coefficient (Wildman–Crippen LogP) is 3.87. The first-order chi connectivity index (χ1) is 15.3. The van der Waals surface area contributed by atoms with Crippen LogP contribution < -0.4 is 10.6 Å². The summed E-state index contributed by atoms with van der Waals surface area (Å²) in [5, 5.41) is 7.88. The van der Waals surface area contributed by atoms with Crippen molar-refractivity contribution in [1.29, 1.82) is 0 Å². The summed E-state index contributed by atoms with van der Waals surface area (Å²) in [4.78, 5) is 41.1. The van der Waals surface area contributed by atoms with Gasteiger partial charge in [-0.1, -0.05) is 37.6 Å². The Morgan fingerprint density at radius 1 is 1.00 bits per heavy atom. The number of thiophene rings is 1. The lowest BCUT2D eigenvalue weighted by molar-refractivity contribution is -0.125. The van der Waals surface area contributed by atoms with E-state index < -0.39 is 6.04 Å². The van der Waals surface area contributed by atoms with Crippen LogP contribution in [0.5, 0.6) is 0 Å². The highest BCUT2D eigenvalue weighted by molar-refractivity contribution is 7.12. The number of hydrogen-bond acceptors (Lipinski definition) is 4. The van der Waals surface area contributed by atoms with Gasteiger partial charge in [0.05, 0.1) is 4.88 Å². The molecule has 0 spiro atoms. The average molecular weight is 456 g/mol. The molecule has 0 unspecified atom stereocenters. The zero-order valence-electron chi connectivity index (χ0n) is 19.3. The van der Waals surface area contributed by atoms with Crippen molar-refractivity contribution in [2.75, 3.05) is 13.1 Å². The van der Waals surface area contributed by atoms with Crippen LogP contribution >= 0.6 is 11.3 Å². The highest BCUT2D eigenvalue weighted by atomic mass is 32.1. The maximum absolute atomic E-state index is 13.1. The van der Waals surface area contributed by atoms with Crippen molar-refractivity contribution in [2.24, 2.45) is 11.8 Å². The van der Waals surface area contributed by atoms with Crippen molar-refractivity contribution in [3.05, 3.63) is 57.8 Å². The Kier molecular flexibility index (Phi) is 8.07. The molecule has 32 heavy (non-hydrogen) atoms. The van der Waals surface area contributed by atoms with Crippen LogP contribution in [-0.4, -0.2) is 47.8 Å². The lowest BCUT2D eigenvalue weighted by atomic mass is 9.88. The Bertz CT molecular complexity index is 916. The molecule has 2 aromatic rings. The van der Waals surface area contributed by atoms with Gasteiger partial charge >= 0.3 is 0 Å². The minimum atomic E-state index is -0.623. The van der Waals surface area contributed by atoms with Gasteiger partial charge in [-0.2, -0.15) is 0 Å². The molecule has 1 aromatic heterocycles. The van der Waals surface area contributed by atoms with E-state index in [2.05, 4.69) is 24.5 Å². The third-order valence-electron chi connectivity index (χ3n) is 6.28. The average Bonchev–Trinajstić information content (AvgIpc) is 3.32. The van der Waals surface area contributed by atoms with Crippen molar-refractivity contribution < 1.29 is 14.4 Å². The molecule has 1 aromatic carbocycles. The van der Waals surface area contributed by atoms with Crippen LogP contribution in [0.15, 0.2) is 41.8 Å². The van der Waals surface area contributed by atoms with Crippen molar-refractivity contribution in [1.82, 2.24) is 15.5 Å². The van der Waals surface area contributed by atoms with Crippen LogP contribution in [0.2, 0.25) is 0 Å². The molecule has 2 heterocycles. The lowest BCUT2D eigenvalue weighted by Crippen LogP contribution is -2.55. The van der Waals surface area contributed by atoms with E-state index in [4.69, 9.17) is 0 Å². The van der Waals surface area contributed by atoms with Gasteiger partial charge in [0.1, 0.15) is 6.04 Å². The van der Waals surface area contributed by atoms with Gasteiger partial charge in [-0.3, -0.25) is 14.4 Å². The monoisotopic (exact) mass is 455 g/mol. The number of carbonyl (C=O) groups is 3. The van der Waals surface area contributed by atoms with Gasteiger partial charge in [-0.05, 0) is 62.1 Å². The largest absolute Gasteiger partial charge is 0.352 e. The van der Waals surface area contributed by atoms with E-state index in [1.54, 1.807) is 6.07 Å². The molecular formula is C25H33N3O3S. The first kappa shape index (κ1) is 24.0. The predicted molar refractivity (Wildman–Crippen MR) is 128 cm³/mol. The number of piperidine rings is 1. The summed E-state index contributed by atoms with van der Waals surface area (Å²) in [6, 6.07) is 10.6. The molecule has 7 heteroatoms. The Balaban J connectivity index is 1.68. The molecule has 1 fully saturated rings. The van der Waals surface area contributed by atoms with E-state index in [0.717, 1.165) is 5.56 Å². The zero-order valence-corrected chi connectivity index (χ0v) is 20.1. The highest BCUT2D eigenvalue weighted by Crippen LogP contribution is 2.24. The van der Waals surface area contributed by atoms with Crippen LogP contribution in [0.25, 0.3) is 0 Å².